The molecule has 27 heavy (non-hydrogen) atoms. The van der Waals surface area contributed by atoms with Gasteiger partial charge in [0.25, 0.3) is 5.91 Å². The van der Waals surface area contributed by atoms with Gasteiger partial charge in [0.1, 0.15) is 17.4 Å². The topological polar surface area (TPSA) is 74.1 Å². The fourth-order valence-electron chi connectivity index (χ4n) is 2.44. The molecular weight excluding hydrogens is 406 g/mol. The molecule has 0 unspecified atom stereocenters. The molecule has 0 bridgehead atoms. The van der Waals surface area contributed by atoms with Crippen LogP contribution in [0, 0.1) is 11.3 Å². The lowest BCUT2D eigenvalue weighted by Crippen LogP contribution is -2.28. The average molecular weight is 428 g/mol. The van der Waals surface area contributed by atoms with E-state index in [4.69, 9.17) is 4.74 Å². The predicted molar refractivity (Wildman–Crippen MR) is 109 cm³/mol. The van der Waals surface area contributed by atoms with Crippen molar-refractivity contribution in [3.63, 3.8) is 0 Å². The molecule has 1 amide bonds. The van der Waals surface area contributed by atoms with Crippen LogP contribution in [0.25, 0.3) is 0 Å². The third-order valence-corrected chi connectivity index (χ3v) is 4.41. The number of hydrogen-bond donors (Lipinski definition) is 2. The molecule has 0 aliphatic carbocycles. The Morgan fingerprint density at radius 3 is 2.56 bits per heavy atom. The number of nitrogens with one attached hydrogen (secondary N) is 2. The number of nitrogens with zero attached hydrogens (tertiary/aromatic N) is 1. The summed E-state index contributed by atoms with van der Waals surface area (Å²) in [6.45, 7) is 1.10. The van der Waals surface area contributed by atoms with Crippen LogP contribution < -0.4 is 15.4 Å². The number of carbonyl (C=O) groups is 1. The number of amides is 1. The zero-order valence-electron chi connectivity index (χ0n) is 15.2. The van der Waals surface area contributed by atoms with E-state index in [1.165, 1.54) is 11.8 Å². The van der Waals surface area contributed by atoms with Crippen molar-refractivity contribution in [3.05, 3.63) is 75.9 Å². The van der Waals surface area contributed by atoms with E-state index in [2.05, 4.69) is 26.6 Å². The van der Waals surface area contributed by atoms with Crippen molar-refractivity contribution in [2.45, 2.75) is 12.8 Å². The maximum Gasteiger partial charge on any atom is 0.263 e. The smallest absolute Gasteiger partial charge is 0.263 e. The number of hydrogen-bond acceptors (Lipinski definition) is 4. The Hall–Kier alpha value is -2.78. The average Bonchev–Trinajstić information content (AvgIpc) is 2.68. The maximum absolute atomic E-state index is 12.1. The minimum absolute atomic E-state index is 0.0685. The van der Waals surface area contributed by atoms with Gasteiger partial charge in [-0.2, -0.15) is 5.26 Å². The second-order valence-electron chi connectivity index (χ2n) is 5.86. The van der Waals surface area contributed by atoms with Crippen LogP contribution in [-0.2, 0) is 17.6 Å². The second-order valence-corrected chi connectivity index (χ2v) is 6.77. The molecule has 2 aromatic carbocycles. The van der Waals surface area contributed by atoms with Gasteiger partial charge in [0.2, 0.25) is 0 Å². The van der Waals surface area contributed by atoms with Gasteiger partial charge in [-0.05, 0) is 48.2 Å². The molecule has 0 aliphatic rings. The van der Waals surface area contributed by atoms with Crippen LogP contribution in [0.5, 0.6) is 5.75 Å². The summed E-state index contributed by atoms with van der Waals surface area (Å²) in [5.41, 5.74) is 2.33. The Labute approximate surface area is 168 Å². The van der Waals surface area contributed by atoms with Crippen molar-refractivity contribution in [2.75, 3.05) is 20.2 Å². The van der Waals surface area contributed by atoms with Gasteiger partial charge in [0.15, 0.2) is 0 Å². The minimum atomic E-state index is -0.374. The molecule has 0 radical (unpaired) electrons. The predicted octanol–water partition coefficient (Wildman–Crippen LogP) is 3.36. The molecule has 2 rings (SSSR count). The fourth-order valence-corrected chi connectivity index (χ4v) is 2.89. The van der Waals surface area contributed by atoms with E-state index in [0.29, 0.717) is 19.5 Å². The van der Waals surface area contributed by atoms with Crippen molar-refractivity contribution >= 4 is 21.8 Å². The molecule has 0 aliphatic heterocycles. The summed E-state index contributed by atoms with van der Waals surface area (Å²) in [7, 11) is 1.62. The van der Waals surface area contributed by atoms with Crippen LogP contribution in [-0.4, -0.2) is 26.1 Å². The van der Waals surface area contributed by atoms with E-state index >= 15 is 0 Å². The Bertz CT molecular complexity index is 826. The molecule has 2 N–H and O–H groups in total. The first kappa shape index (κ1) is 20.5. The van der Waals surface area contributed by atoms with Gasteiger partial charge in [0.05, 0.1) is 7.11 Å². The highest BCUT2D eigenvalue weighted by molar-refractivity contribution is 9.10. The number of halogens is 1. The highest BCUT2D eigenvalue weighted by atomic mass is 79.9. The van der Waals surface area contributed by atoms with Crippen LogP contribution in [0.4, 0.5) is 0 Å². The largest absolute Gasteiger partial charge is 0.497 e. The van der Waals surface area contributed by atoms with Gasteiger partial charge >= 0.3 is 0 Å². The standard InChI is InChI=1S/C21H22BrN3O2/c1-27-20-7-5-16(6-8-20)10-12-25-21(26)18(14-23)15-24-11-9-17-3-2-4-19(22)13-17/h2-8,13,15,24H,9-12H2,1H3,(H,25,26)/b18-15-. The molecule has 0 saturated heterocycles. The molecule has 0 saturated carbocycles. The van der Waals surface area contributed by atoms with Crippen molar-refractivity contribution < 1.29 is 9.53 Å². The summed E-state index contributed by atoms with van der Waals surface area (Å²) in [5, 5.41) is 15.0. The Kier molecular flexibility index (Phi) is 8.40. The van der Waals surface area contributed by atoms with Gasteiger partial charge in [-0.15, -0.1) is 0 Å². The molecule has 0 heterocycles. The Balaban J connectivity index is 1.75. The number of nitriles is 1. The SMILES string of the molecule is COc1ccc(CCNC(=O)/C(C#N)=C\NCCc2cccc(Br)c2)cc1. The Morgan fingerprint density at radius 2 is 1.89 bits per heavy atom. The Morgan fingerprint density at radius 1 is 1.15 bits per heavy atom. The molecule has 0 fully saturated rings. The number of ether oxygens (including phenoxy) is 1. The maximum atomic E-state index is 12.1. The molecule has 0 spiro atoms. The summed E-state index contributed by atoms with van der Waals surface area (Å²) in [6, 6.07) is 17.6. The highest BCUT2D eigenvalue weighted by Gasteiger charge is 2.08. The molecule has 0 aromatic heterocycles. The first-order chi connectivity index (χ1) is 13.1. The van der Waals surface area contributed by atoms with Crippen molar-refractivity contribution in [3.8, 4) is 11.8 Å². The number of carbonyl (C=O) groups excluding carboxylic acids is 1. The van der Waals surface area contributed by atoms with Gasteiger partial charge in [0, 0.05) is 23.8 Å². The molecule has 5 nitrogen and oxygen atoms in total. The minimum Gasteiger partial charge on any atom is -0.497 e. The van der Waals surface area contributed by atoms with Gasteiger partial charge in [-0.3, -0.25) is 4.79 Å². The molecular formula is C21H22BrN3O2. The molecule has 2 aromatic rings. The lowest BCUT2D eigenvalue weighted by Gasteiger charge is -2.06. The first-order valence-corrected chi connectivity index (χ1v) is 9.41. The molecule has 6 heteroatoms. The summed E-state index contributed by atoms with van der Waals surface area (Å²) in [5.74, 6) is 0.424. The lowest BCUT2D eigenvalue weighted by atomic mass is 10.1. The molecule has 140 valence electrons. The van der Waals surface area contributed by atoms with Crippen molar-refractivity contribution in [2.24, 2.45) is 0 Å². The number of benzene rings is 2. The van der Waals surface area contributed by atoms with E-state index < -0.39 is 0 Å². The van der Waals surface area contributed by atoms with Crippen molar-refractivity contribution in [1.82, 2.24) is 10.6 Å². The van der Waals surface area contributed by atoms with Crippen LogP contribution >= 0.6 is 15.9 Å². The quantitative estimate of drug-likeness (QED) is 0.365. The van der Waals surface area contributed by atoms with Gasteiger partial charge in [-0.1, -0.05) is 40.2 Å². The fraction of sp³-hybridized carbons (Fsp3) is 0.238. The number of methoxy groups -OCH3 is 1. The zero-order valence-corrected chi connectivity index (χ0v) is 16.8. The number of rotatable bonds is 9. The van der Waals surface area contributed by atoms with Crippen LogP contribution in [0.2, 0.25) is 0 Å². The second kappa shape index (κ2) is 11.0. The van der Waals surface area contributed by atoms with Crippen molar-refractivity contribution in [1.29, 1.82) is 5.26 Å². The summed E-state index contributed by atoms with van der Waals surface area (Å²) >= 11 is 3.44. The third kappa shape index (κ3) is 7.16. The summed E-state index contributed by atoms with van der Waals surface area (Å²) < 4.78 is 6.15. The monoisotopic (exact) mass is 427 g/mol. The third-order valence-electron chi connectivity index (χ3n) is 3.92. The van der Waals surface area contributed by atoms with Crippen LogP contribution in [0.15, 0.2) is 64.8 Å². The van der Waals surface area contributed by atoms with Crippen LogP contribution in [0.3, 0.4) is 0 Å². The summed E-state index contributed by atoms with van der Waals surface area (Å²) in [4.78, 5) is 12.1. The van der Waals surface area contributed by atoms with Gasteiger partial charge < -0.3 is 15.4 Å². The van der Waals surface area contributed by atoms with E-state index in [0.717, 1.165) is 22.2 Å². The van der Waals surface area contributed by atoms with E-state index in [-0.39, 0.29) is 11.5 Å². The normalized spacial score (nSPS) is 10.8. The van der Waals surface area contributed by atoms with E-state index in [1.54, 1.807) is 7.11 Å². The van der Waals surface area contributed by atoms with Crippen LogP contribution in [0.1, 0.15) is 11.1 Å². The summed E-state index contributed by atoms with van der Waals surface area (Å²) in [6.07, 6.45) is 2.96. The van der Waals surface area contributed by atoms with E-state index in [1.807, 2.05) is 54.6 Å². The zero-order chi connectivity index (χ0) is 19.5. The van der Waals surface area contributed by atoms with E-state index in [9.17, 15) is 10.1 Å². The molecule has 0 atom stereocenters. The van der Waals surface area contributed by atoms with Gasteiger partial charge in [-0.25, -0.2) is 0 Å². The highest BCUT2D eigenvalue weighted by Crippen LogP contribution is 2.12. The lowest BCUT2D eigenvalue weighted by molar-refractivity contribution is -0.117. The first-order valence-electron chi connectivity index (χ1n) is 8.61.